The average molecular weight is 383 g/mol. The van der Waals surface area contributed by atoms with Gasteiger partial charge in [0.25, 0.3) is 12.0 Å². The standard InChI is InChI=1S/C21H27N3O.CH2O2/c1-3-6-19-16-11-17(20-9-5-10-21(25)24(19)20)13-23(12-16)14-18-8-4-7-15(2)22-18;2-1-3/h4-5,7-10,16-17,19H,3,6,11-14H2,1-2H3;1H,(H,2,3)/t16-,17+,19-;/m0./s1. The van der Waals surface area contributed by atoms with Crippen molar-refractivity contribution >= 4 is 6.47 Å². The summed E-state index contributed by atoms with van der Waals surface area (Å²) in [4.78, 5) is 28.1. The highest BCUT2D eigenvalue weighted by molar-refractivity contribution is 5.32. The van der Waals surface area contributed by atoms with Gasteiger partial charge in [-0.15, -0.1) is 0 Å². The minimum atomic E-state index is -0.250. The predicted octanol–water partition coefficient (Wildman–Crippen LogP) is 3.21. The van der Waals surface area contributed by atoms with Gasteiger partial charge in [-0.2, -0.15) is 0 Å². The van der Waals surface area contributed by atoms with E-state index in [1.54, 1.807) is 6.07 Å². The van der Waals surface area contributed by atoms with Crippen molar-refractivity contribution in [3.05, 3.63) is 63.8 Å². The molecule has 2 aromatic rings. The van der Waals surface area contributed by atoms with E-state index < -0.39 is 0 Å². The number of carbonyl (C=O) groups is 1. The first-order valence-corrected chi connectivity index (χ1v) is 10.0. The number of hydrogen-bond acceptors (Lipinski definition) is 4. The van der Waals surface area contributed by atoms with Gasteiger partial charge in [-0.3, -0.25) is 19.5 Å². The second-order valence-corrected chi connectivity index (χ2v) is 7.78. The molecule has 1 N–H and O–H groups in total. The first-order chi connectivity index (χ1) is 13.6. The molecule has 1 saturated heterocycles. The van der Waals surface area contributed by atoms with E-state index in [0.717, 1.165) is 43.9 Å². The highest BCUT2D eigenvalue weighted by Crippen LogP contribution is 2.42. The lowest BCUT2D eigenvalue weighted by Crippen LogP contribution is -2.49. The molecule has 6 nitrogen and oxygen atoms in total. The van der Waals surface area contributed by atoms with Crippen LogP contribution in [0.25, 0.3) is 0 Å². The Kier molecular flexibility index (Phi) is 6.62. The van der Waals surface area contributed by atoms with Crippen molar-refractivity contribution in [1.29, 1.82) is 0 Å². The third kappa shape index (κ3) is 4.33. The molecule has 4 rings (SSSR count). The van der Waals surface area contributed by atoms with Gasteiger partial charge in [0.2, 0.25) is 0 Å². The minimum Gasteiger partial charge on any atom is -0.483 e. The quantitative estimate of drug-likeness (QED) is 0.821. The van der Waals surface area contributed by atoms with Gasteiger partial charge < -0.3 is 9.67 Å². The number of aryl methyl sites for hydroxylation is 1. The third-order valence-corrected chi connectivity index (χ3v) is 5.79. The van der Waals surface area contributed by atoms with Crippen molar-refractivity contribution in [2.45, 2.75) is 51.6 Å². The van der Waals surface area contributed by atoms with Crippen LogP contribution >= 0.6 is 0 Å². The number of rotatable bonds is 4. The normalized spacial score (nSPS) is 23.3. The van der Waals surface area contributed by atoms with Crippen molar-refractivity contribution in [3.8, 4) is 0 Å². The van der Waals surface area contributed by atoms with Crippen LogP contribution in [0.3, 0.4) is 0 Å². The smallest absolute Gasteiger partial charge is 0.290 e. The van der Waals surface area contributed by atoms with Crippen LogP contribution < -0.4 is 5.56 Å². The number of hydrogen-bond donors (Lipinski definition) is 1. The SMILES string of the molecule is CCC[C@H]1[C@H]2C[C@H](CN(Cc3cccc(C)n3)C2)c2cccc(=O)n21.O=CO. The van der Waals surface area contributed by atoms with E-state index >= 15 is 0 Å². The van der Waals surface area contributed by atoms with Gasteiger partial charge in [-0.25, -0.2) is 0 Å². The Morgan fingerprint density at radius 1 is 1.21 bits per heavy atom. The van der Waals surface area contributed by atoms with Gasteiger partial charge in [-0.05, 0) is 43.9 Å². The Morgan fingerprint density at radius 3 is 2.68 bits per heavy atom. The second kappa shape index (κ2) is 9.15. The average Bonchev–Trinajstić information content (AvgIpc) is 2.66. The largest absolute Gasteiger partial charge is 0.483 e. The van der Waals surface area contributed by atoms with E-state index in [1.165, 1.54) is 12.1 Å². The van der Waals surface area contributed by atoms with E-state index in [4.69, 9.17) is 9.90 Å². The first kappa shape index (κ1) is 20.3. The summed E-state index contributed by atoms with van der Waals surface area (Å²) < 4.78 is 2.12. The van der Waals surface area contributed by atoms with Gasteiger partial charge in [0.15, 0.2) is 0 Å². The highest BCUT2D eigenvalue weighted by atomic mass is 16.3. The number of aromatic nitrogens is 2. The molecule has 1 fully saturated rings. The summed E-state index contributed by atoms with van der Waals surface area (Å²) >= 11 is 0. The fraction of sp³-hybridized carbons (Fsp3) is 0.500. The predicted molar refractivity (Wildman–Crippen MR) is 108 cm³/mol. The van der Waals surface area contributed by atoms with Crippen molar-refractivity contribution in [2.75, 3.05) is 13.1 Å². The van der Waals surface area contributed by atoms with Crippen molar-refractivity contribution < 1.29 is 9.90 Å². The zero-order chi connectivity index (χ0) is 20.1. The molecular weight excluding hydrogens is 354 g/mol. The number of pyridine rings is 2. The van der Waals surface area contributed by atoms with Crippen molar-refractivity contribution in [1.82, 2.24) is 14.5 Å². The minimum absolute atomic E-state index is 0.180. The number of likely N-dealkylation sites (tertiary alicyclic amines) is 1. The lowest BCUT2D eigenvalue weighted by atomic mass is 9.77. The van der Waals surface area contributed by atoms with Gasteiger partial charge in [0, 0.05) is 49.0 Å². The van der Waals surface area contributed by atoms with Crippen molar-refractivity contribution in [3.63, 3.8) is 0 Å². The molecule has 0 radical (unpaired) electrons. The molecule has 0 aromatic carbocycles. The molecule has 4 heterocycles. The fourth-order valence-electron chi connectivity index (χ4n) is 4.85. The Bertz CT molecular complexity index is 864. The lowest BCUT2D eigenvalue weighted by molar-refractivity contribution is -0.122. The topological polar surface area (TPSA) is 75.4 Å². The number of carboxylic acid groups (broad SMARTS) is 1. The first-order valence-electron chi connectivity index (χ1n) is 10.0. The molecular formula is C22H29N3O3. The molecule has 28 heavy (non-hydrogen) atoms. The molecule has 2 bridgehead atoms. The summed E-state index contributed by atoms with van der Waals surface area (Å²) in [5.74, 6) is 1.03. The van der Waals surface area contributed by atoms with Crippen molar-refractivity contribution in [2.24, 2.45) is 5.92 Å². The molecule has 2 aliphatic heterocycles. The maximum atomic E-state index is 12.5. The summed E-state index contributed by atoms with van der Waals surface area (Å²) in [5.41, 5.74) is 3.65. The van der Waals surface area contributed by atoms with E-state index in [0.29, 0.717) is 17.9 Å². The third-order valence-electron chi connectivity index (χ3n) is 5.79. The highest BCUT2D eigenvalue weighted by Gasteiger charge is 2.39. The second-order valence-electron chi connectivity index (χ2n) is 7.78. The van der Waals surface area contributed by atoms with Crippen LogP contribution in [0.5, 0.6) is 0 Å². The van der Waals surface area contributed by atoms with Gasteiger partial charge >= 0.3 is 0 Å². The Labute approximate surface area is 165 Å². The van der Waals surface area contributed by atoms with Crippen LogP contribution in [0.4, 0.5) is 0 Å². The van der Waals surface area contributed by atoms with Gasteiger partial charge in [-0.1, -0.05) is 25.5 Å². The van der Waals surface area contributed by atoms with E-state index in [1.807, 2.05) is 19.1 Å². The summed E-state index contributed by atoms with van der Waals surface area (Å²) in [6.07, 6.45) is 3.42. The number of piperidine rings is 1. The van der Waals surface area contributed by atoms with Gasteiger partial charge in [0.1, 0.15) is 0 Å². The molecule has 150 valence electrons. The van der Waals surface area contributed by atoms with Crippen LogP contribution in [0, 0.1) is 12.8 Å². The molecule has 0 spiro atoms. The van der Waals surface area contributed by atoms with Crippen LogP contribution in [0.2, 0.25) is 0 Å². The monoisotopic (exact) mass is 383 g/mol. The summed E-state index contributed by atoms with van der Waals surface area (Å²) in [6, 6.07) is 12.4. The lowest BCUT2D eigenvalue weighted by Gasteiger charge is -2.47. The van der Waals surface area contributed by atoms with E-state index in [2.05, 4.69) is 39.6 Å². The number of fused-ring (bicyclic) bond motifs is 4. The molecule has 3 atom stereocenters. The number of nitrogens with zero attached hydrogens (tertiary/aromatic N) is 3. The molecule has 0 unspecified atom stereocenters. The summed E-state index contributed by atoms with van der Waals surface area (Å²) in [7, 11) is 0. The Morgan fingerprint density at radius 2 is 1.96 bits per heavy atom. The van der Waals surface area contributed by atoms with Crippen LogP contribution in [0.1, 0.15) is 55.2 Å². The molecule has 2 aliphatic rings. The zero-order valence-electron chi connectivity index (χ0n) is 16.6. The maximum absolute atomic E-state index is 12.5. The Balaban J connectivity index is 0.000000706. The molecule has 2 aromatic heterocycles. The van der Waals surface area contributed by atoms with E-state index in [-0.39, 0.29) is 12.0 Å². The molecule has 0 saturated carbocycles. The summed E-state index contributed by atoms with van der Waals surface area (Å²) in [5, 5.41) is 6.89. The molecule has 0 amide bonds. The fourth-order valence-corrected chi connectivity index (χ4v) is 4.85. The van der Waals surface area contributed by atoms with Crippen LogP contribution in [-0.4, -0.2) is 39.1 Å². The molecule has 0 aliphatic carbocycles. The maximum Gasteiger partial charge on any atom is 0.290 e. The van der Waals surface area contributed by atoms with Crippen LogP contribution in [0.15, 0.2) is 41.2 Å². The zero-order valence-corrected chi connectivity index (χ0v) is 16.6. The van der Waals surface area contributed by atoms with E-state index in [9.17, 15) is 4.79 Å². The molecule has 6 heteroatoms. The van der Waals surface area contributed by atoms with Gasteiger partial charge in [0.05, 0.1) is 5.69 Å². The summed E-state index contributed by atoms with van der Waals surface area (Å²) in [6.45, 7) is 7.02. The van der Waals surface area contributed by atoms with Crippen LogP contribution in [-0.2, 0) is 11.3 Å². The Hall–Kier alpha value is -2.47.